The van der Waals surface area contributed by atoms with Gasteiger partial charge in [0.1, 0.15) is 15.6 Å². The van der Waals surface area contributed by atoms with E-state index in [-0.39, 0.29) is 11.8 Å². The van der Waals surface area contributed by atoms with E-state index in [0.717, 1.165) is 30.7 Å². The van der Waals surface area contributed by atoms with E-state index in [4.69, 9.17) is 4.74 Å². The first-order valence-corrected chi connectivity index (χ1v) is 8.73. The molecule has 19 heavy (non-hydrogen) atoms. The Morgan fingerprint density at radius 3 is 2.89 bits per heavy atom. The number of hydrogen-bond acceptors (Lipinski definition) is 4. The molecule has 0 aromatic heterocycles. The van der Waals surface area contributed by atoms with Crippen molar-refractivity contribution in [1.29, 1.82) is 0 Å². The number of hydrogen-bond donors (Lipinski definition) is 1. The van der Waals surface area contributed by atoms with Crippen LogP contribution in [0.3, 0.4) is 0 Å². The van der Waals surface area contributed by atoms with Gasteiger partial charge in [-0.15, -0.1) is 0 Å². The van der Waals surface area contributed by atoms with Gasteiger partial charge in [0, 0.05) is 24.3 Å². The number of benzene rings is 1. The van der Waals surface area contributed by atoms with Gasteiger partial charge in [0.25, 0.3) is 0 Å². The van der Waals surface area contributed by atoms with Gasteiger partial charge in [-0.05, 0) is 18.5 Å². The van der Waals surface area contributed by atoms with E-state index in [2.05, 4.69) is 12.2 Å². The lowest BCUT2D eigenvalue weighted by Gasteiger charge is -2.20. The highest BCUT2D eigenvalue weighted by Crippen LogP contribution is 2.33. The quantitative estimate of drug-likeness (QED) is 0.863. The summed E-state index contributed by atoms with van der Waals surface area (Å²) < 4.78 is 28.9. The average molecular weight is 283 g/mol. The molecule has 0 radical (unpaired) electrons. The van der Waals surface area contributed by atoms with E-state index < -0.39 is 9.84 Å². The van der Waals surface area contributed by atoms with E-state index in [1.807, 2.05) is 18.2 Å². The third-order valence-corrected chi connectivity index (χ3v) is 4.17. The molecule has 1 heterocycles. The molecular formula is C14H21NO3S. The second-order valence-corrected chi connectivity index (χ2v) is 7.22. The van der Waals surface area contributed by atoms with Gasteiger partial charge in [-0.25, -0.2) is 8.42 Å². The molecule has 1 aromatic rings. The van der Waals surface area contributed by atoms with Crippen LogP contribution in [0.5, 0.6) is 5.75 Å². The highest BCUT2D eigenvalue weighted by molar-refractivity contribution is 7.90. The molecule has 5 heteroatoms. The second kappa shape index (κ2) is 5.92. The number of fused-ring (bicyclic) bond motifs is 1. The largest absolute Gasteiger partial charge is 0.493 e. The summed E-state index contributed by atoms with van der Waals surface area (Å²) in [6.07, 6.45) is 3.15. The van der Waals surface area contributed by atoms with Gasteiger partial charge >= 0.3 is 0 Å². The maximum absolute atomic E-state index is 11.6. The maximum Gasteiger partial charge on any atom is 0.149 e. The Bertz CT molecular complexity index is 540. The lowest BCUT2D eigenvalue weighted by molar-refractivity contribution is 0.349. The van der Waals surface area contributed by atoms with Crippen LogP contribution >= 0.6 is 0 Å². The fourth-order valence-electron chi connectivity index (χ4n) is 2.40. The second-order valence-electron chi connectivity index (χ2n) is 5.03. The van der Waals surface area contributed by atoms with Gasteiger partial charge in [0.2, 0.25) is 0 Å². The Kier molecular flexibility index (Phi) is 4.47. The van der Waals surface area contributed by atoms with Crippen molar-refractivity contribution in [2.45, 2.75) is 25.8 Å². The fraction of sp³-hybridized carbons (Fsp3) is 0.571. The summed E-state index contributed by atoms with van der Waals surface area (Å²) in [7, 11) is -3.04. The normalized spacial score (nSPS) is 15.9. The van der Waals surface area contributed by atoms with Crippen molar-refractivity contribution in [1.82, 2.24) is 5.32 Å². The molecule has 0 bridgehead atoms. The highest BCUT2D eigenvalue weighted by Gasteiger charge is 2.24. The highest BCUT2D eigenvalue weighted by atomic mass is 32.2. The standard InChI is InChI=1S/C14H21NO3S/c1-3-8-15-13(10-19(2,16)17)12-6-4-5-11-7-9-18-14(11)12/h4-6,13,15H,3,7-10H2,1-2H3. The van der Waals surface area contributed by atoms with E-state index in [1.54, 1.807) is 0 Å². The molecule has 0 amide bonds. The number of sulfone groups is 1. The Morgan fingerprint density at radius 1 is 1.42 bits per heavy atom. The third-order valence-electron chi connectivity index (χ3n) is 3.23. The lowest BCUT2D eigenvalue weighted by atomic mass is 10.0. The smallest absolute Gasteiger partial charge is 0.149 e. The van der Waals surface area contributed by atoms with Crippen molar-refractivity contribution in [2.24, 2.45) is 0 Å². The van der Waals surface area contributed by atoms with Crippen LogP contribution in [0.15, 0.2) is 18.2 Å². The van der Waals surface area contributed by atoms with Crippen LogP contribution in [-0.4, -0.2) is 33.6 Å². The van der Waals surface area contributed by atoms with Crippen molar-refractivity contribution in [3.05, 3.63) is 29.3 Å². The van der Waals surface area contributed by atoms with Crippen LogP contribution in [0.2, 0.25) is 0 Å². The zero-order valence-corrected chi connectivity index (χ0v) is 12.3. The molecule has 1 aromatic carbocycles. The summed E-state index contributed by atoms with van der Waals surface area (Å²) in [5.41, 5.74) is 2.14. The number of rotatable bonds is 6. The lowest BCUT2D eigenvalue weighted by Crippen LogP contribution is -2.28. The van der Waals surface area contributed by atoms with Gasteiger partial charge in [-0.2, -0.15) is 0 Å². The summed E-state index contributed by atoms with van der Waals surface area (Å²) in [6, 6.07) is 5.79. The molecule has 1 aliphatic heterocycles. The van der Waals surface area contributed by atoms with Crippen LogP contribution in [0.1, 0.15) is 30.5 Å². The molecular weight excluding hydrogens is 262 g/mol. The molecule has 1 aliphatic rings. The molecule has 4 nitrogen and oxygen atoms in total. The summed E-state index contributed by atoms with van der Waals surface area (Å²) >= 11 is 0. The number of ether oxygens (including phenoxy) is 1. The third kappa shape index (κ3) is 3.70. The van der Waals surface area contributed by atoms with E-state index in [9.17, 15) is 8.42 Å². The molecule has 1 unspecified atom stereocenters. The SMILES string of the molecule is CCCNC(CS(C)(=O)=O)c1cccc2c1OCC2. The Morgan fingerprint density at radius 2 is 2.21 bits per heavy atom. The molecule has 0 saturated carbocycles. The minimum absolute atomic E-state index is 0.104. The molecule has 0 spiro atoms. The van der Waals surface area contributed by atoms with E-state index in [1.165, 1.54) is 11.8 Å². The van der Waals surface area contributed by atoms with Crippen molar-refractivity contribution < 1.29 is 13.2 Å². The number of para-hydroxylation sites is 1. The number of nitrogens with one attached hydrogen (secondary N) is 1. The maximum atomic E-state index is 11.6. The summed E-state index contributed by atoms with van der Waals surface area (Å²) in [4.78, 5) is 0. The summed E-state index contributed by atoms with van der Waals surface area (Å²) in [5.74, 6) is 0.979. The van der Waals surface area contributed by atoms with Crippen LogP contribution in [0.25, 0.3) is 0 Å². The molecule has 0 saturated heterocycles. The Hall–Kier alpha value is -1.07. The van der Waals surface area contributed by atoms with Crippen molar-refractivity contribution >= 4 is 9.84 Å². The van der Waals surface area contributed by atoms with Gasteiger partial charge in [-0.3, -0.25) is 0 Å². The minimum atomic E-state index is -3.04. The topological polar surface area (TPSA) is 55.4 Å². The average Bonchev–Trinajstić information content (AvgIpc) is 2.81. The van der Waals surface area contributed by atoms with Crippen molar-refractivity contribution in [2.75, 3.05) is 25.2 Å². The van der Waals surface area contributed by atoms with Crippen LogP contribution < -0.4 is 10.1 Å². The van der Waals surface area contributed by atoms with Crippen molar-refractivity contribution in [3.8, 4) is 5.75 Å². The zero-order chi connectivity index (χ0) is 13.9. The molecule has 106 valence electrons. The first-order chi connectivity index (χ1) is 9.01. The van der Waals surface area contributed by atoms with Gasteiger partial charge < -0.3 is 10.1 Å². The molecule has 0 fully saturated rings. The fourth-order valence-corrected chi connectivity index (χ4v) is 3.30. The van der Waals surface area contributed by atoms with Crippen LogP contribution in [0, 0.1) is 0 Å². The Balaban J connectivity index is 2.30. The first kappa shape index (κ1) is 14.3. The van der Waals surface area contributed by atoms with Crippen LogP contribution in [0.4, 0.5) is 0 Å². The molecule has 1 atom stereocenters. The predicted molar refractivity (Wildman–Crippen MR) is 76.4 cm³/mol. The Labute approximate surface area is 115 Å². The predicted octanol–water partition coefficient (Wildman–Crippen LogP) is 1.71. The summed E-state index contributed by atoms with van der Waals surface area (Å²) in [6.45, 7) is 3.55. The van der Waals surface area contributed by atoms with E-state index in [0.29, 0.717) is 6.61 Å². The summed E-state index contributed by atoms with van der Waals surface area (Å²) in [5, 5.41) is 3.31. The van der Waals surface area contributed by atoms with Crippen molar-refractivity contribution in [3.63, 3.8) is 0 Å². The zero-order valence-electron chi connectivity index (χ0n) is 11.5. The van der Waals surface area contributed by atoms with Crippen LogP contribution in [-0.2, 0) is 16.3 Å². The van der Waals surface area contributed by atoms with Gasteiger partial charge in [0.15, 0.2) is 0 Å². The minimum Gasteiger partial charge on any atom is -0.493 e. The first-order valence-electron chi connectivity index (χ1n) is 6.67. The van der Waals surface area contributed by atoms with Gasteiger partial charge in [-0.1, -0.05) is 25.1 Å². The monoisotopic (exact) mass is 283 g/mol. The molecule has 2 rings (SSSR count). The van der Waals surface area contributed by atoms with E-state index >= 15 is 0 Å². The molecule has 0 aliphatic carbocycles. The van der Waals surface area contributed by atoms with Gasteiger partial charge in [0.05, 0.1) is 12.4 Å². The molecule has 1 N–H and O–H groups in total.